The molecule has 0 aliphatic carbocycles. The Kier molecular flexibility index (Phi) is 6.72. The van der Waals surface area contributed by atoms with E-state index < -0.39 is 0 Å². The van der Waals surface area contributed by atoms with Gasteiger partial charge in [-0.25, -0.2) is 0 Å². The van der Waals surface area contributed by atoms with Crippen LogP contribution in [0.1, 0.15) is 26.3 Å². The van der Waals surface area contributed by atoms with Gasteiger partial charge in [0, 0.05) is 20.0 Å². The third-order valence-electron chi connectivity index (χ3n) is 3.01. The van der Waals surface area contributed by atoms with Crippen molar-refractivity contribution in [3.8, 4) is 5.75 Å². The number of methoxy groups -OCH3 is 1. The lowest BCUT2D eigenvalue weighted by atomic mass is 10.2. The molecule has 0 bridgehead atoms. The molecule has 0 fully saturated rings. The Morgan fingerprint density at radius 1 is 1.24 bits per heavy atom. The molecule has 1 N–H and O–H groups in total. The first-order valence-electron chi connectivity index (χ1n) is 7.07. The van der Waals surface area contributed by atoms with Crippen molar-refractivity contribution in [3.63, 3.8) is 0 Å². The molecule has 0 heterocycles. The fraction of sp³-hybridized carbons (Fsp3) is 0.500. The van der Waals surface area contributed by atoms with Crippen molar-refractivity contribution >= 4 is 11.8 Å². The number of nitrogens with zero attached hydrogens (tertiary/aromatic N) is 1. The minimum Gasteiger partial charge on any atom is -0.497 e. The van der Waals surface area contributed by atoms with E-state index in [2.05, 4.69) is 5.32 Å². The van der Waals surface area contributed by atoms with E-state index in [0.29, 0.717) is 19.0 Å². The fourth-order valence-electron chi connectivity index (χ4n) is 1.92. The molecule has 0 unspecified atom stereocenters. The Labute approximate surface area is 126 Å². The number of rotatable bonds is 7. The van der Waals surface area contributed by atoms with Crippen LogP contribution in [0.15, 0.2) is 24.3 Å². The average molecular weight is 292 g/mol. The van der Waals surface area contributed by atoms with Crippen LogP contribution in [-0.4, -0.2) is 36.9 Å². The van der Waals surface area contributed by atoms with Crippen LogP contribution in [-0.2, 0) is 16.1 Å². The molecule has 0 atom stereocenters. The van der Waals surface area contributed by atoms with E-state index in [4.69, 9.17) is 4.74 Å². The highest BCUT2D eigenvalue weighted by molar-refractivity contribution is 5.83. The Hall–Kier alpha value is -2.04. The Morgan fingerprint density at radius 3 is 2.33 bits per heavy atom. The van der Waals surface area contributed by atoms with Gasteiger partial charge in [0.05, 0.1) is 13.7 Å². The van der Waals surface area contributed by atoms with E-state index in [1.165, 1.54) is 6.92 Å². The molecule has 0 aliphatic heterocycles. The van der Waals surface area contributed by atoms with E-state index in [1.54, 1.807) is 12.0 Å². The van der Waals surface area contributed by atoms with E-state index in [0.717, 1.165) is 11.3 Å². The minimum absolute atomic E-state index is 0.0803. The maximum atomic E-state index is 11.9. The lowest BCUT2D eigenvalue weighted by molar-refractivity contribution is -0.134. The van der Waals surface area contributed by atoms with Gasteiger partial charge in [-0.15, -0.1) is 0 Å². The van der Waals surface area contributed by atoms with Crippen molar-refractivity contribution in [1.82, 2.24) is 10.2 Å². The van der Waals surface area contributed by atoms with Gasteiger partial charge in [-0.2, -0.15) is 0 Å². The zero-order chi connectivity index (χ0) is 15.8. The number of nitrogens with one attached hydrogen (secondary N) is 1. The number of hydrogen-bond donors (Lipinski definition) is 1. The monoisotopic (exact) mass is 292 g/mol. The Bertz CT molecular complexity index is 469. The van der Waals surface area contributed by atoms with Crippen LogP contribution >= 0.6 is 0 Å². The summed E-state index contributed by atoms with van der Waals surface area (Å²) in [7, 11) is 1.61. The second-order valence-corrected chi connectivity index (χ2v) is 5.42. The standard InChI is InChI=1S/C16H24N2O3/c1-12(2)10-18(13(3)19)11-16(20)17-9-14-5-7-15(21-4)8-6-14/h5-8,12H,9-11H2,1-4H3,(H,17,20). The summed E-state index contributed by atoms with van der Waals surface area (Å²) in [6.45, 7) is 6.65. The summed E-state index contributed by atoms with van der Waals surface area (Å²) in [6.07, 6.45) is 0. The molecule has 0 saturated carbocycles. The van der Waals surface area contributed by atoms with Gasteiger partial charge in [0.1, 0.15) is 5.75 Å². The molecule has 1 aromatic rings. The van der Waals surface area contributed by atoms with Gasteiger partial charge < -0.3 is 15.0 Å². The highest BCUT2D eigenvalue weighted by atomic mass is 16.5. The molecule has 5 nitrogen and oxygen atoms in total. The molecule has 0 radical (unpaired) electrons. The average Bonchev–Trinajstić information content (AvgIpc) is 2.44. The SMILES string of the molecule is COc1ccc(CNC(=O)CN(CC(C)C)C(C)=O)cc1. The normalized spacial score (nSPS) is 10.3. The van der Waals surface area contributed by atoms with Gasteiger partial charge in [-0.3, -0.25) is 9.59 Å². The molecule has 1 rings (SSSR count). The van der Waals surface area contributed by atoms with Crippen LogP contribution in [0.5, 0.6) is 5.75 Å². The van der Waals surface area contributed by atoms with Gasteiger partial charge in [-0.1, -0.05) is 26.0 Å². The second-order valence-electron chi connectivity index (χ2n) is 5.42. The van der Waals surface area contributed by atoms with Crippen LogP contribution in [0.25, 0.3) is 0 Å². The number of benzene rings is 1. The third kappa shape index (κ3) is 6.29. The summed E-state index contributed by atoms with van der Waals surface area (Å²) >= 11 is 0. The number of carbonyl (C=O) groups is 2. The largest absolute Gasteiger partial charge is 0.497 e. The second kappa shape index (κ2) is 8.29. The number of ether oxygens (including phenoxy) is 1. The molecule has 5 heteroatoms. The highest BCUT2D eigenvalue weighted by Gasteiger charge is 2.14. The zero-order valence-electron chi connectivity index (χ0n) is 13.2. The molecular formula is C16H24N2O3. The predicted molar refractivity (Wildman–Crippen MR) is 81.9 cm³/mol. The Morgan fingerprint density at radius 2 is 1.86 bits per heavy atom. The molecule has 2 amide bonds. The molecule has 1 aromatic carbocycles. The zero-order valence-corrected chi connectivity index (χ0v) is 13.2. The van der Waals surface area contributed by atoms with Crippen LogP contribution in [0.4, 0.5) is 0 Å². The van der Waals surface area contributed by atoms with Crippen molar-refractivity contribution < 1.29 is 14.3 Å². The fourth-order valence-corrected chi connectivity index (χ4v) is 1.92. The van der Waals surface area contributed by atoms with Crippen molar-refractivity contribution in [2.45, 2.75) is 27.3 Å². The van der Waals surface area contributed by atoms with E-state index in [1.807, 2.05) is 38.1 Å². The van der Waals surface area contributed by atoms with Crippen LogP contribution in [0.2, 0.25) is 0 Å². The van der Waals surface area contributed by atoms with Crippen molar-refractivity contribution in [2.75, 3.05) is 20.2 Å². The van der Waals surface area contributed by atoms with E-state index in [-0.39, 0.29) is 18.4 Å². The lowest BCUT2D eigenvalue weighted by Gasteiger charge is -2.22. The summed E-state index contributed by atoms with van der Waals surface area (Å²) in [5.41, 5.74) is 0.988. The number of hydrogen-bond acceptors (Lipinski definition) is 3. The van der Waals surface area contributed by atoms with Gasteiger partial charge in [0.2, 0.25) is 11.8 Å². The molecular weight excluding hydrogens is 268 g/mol. The first-order valence-corrected chi connectivity index (χ1v) is 7.07. The summed E-state index contributed by atoms with van der Waals surface area (Å²) in [6, 6.07) is 7.50. The molecule has 0 aliphatic rings. The predicted octanol–water partition coefficient (Wildman–Crippen LogP) is 1.82. The molecule has 116 valence electrons. The third-order valence-corrected chi connectivity index (χ3v) is 3.01. The molecule has 0 aromatic heterocycles. The van der Waals surface area contributed by atoms with Gasteiger partial charge in [0.15, 0.2) is 0 Å². The maximum Gasteiger partial charge on any atom is 0.239 e. The summed E-state index contributed by atoms with van der Waals surface area (Å²) in [5, 5.41) is 2.82. The van der Waals surface area contributed by atoms with Gasteiger partial charge >= 0.3 is 0 Å². The van der Waals surface area contributed by atoms with E-state index in [9.17, 15) is 9.59 Å². The summed E-state index contributed by atoms with van der Waals surface area (Å²) in [4.78, 5) is 25.0. The molecule has 21 heavy (non-hydrogen) atoms. The lowest BCUT2D eigenvalue weighted by Crippen LogP contribution is -2.41. The van der Waals surface area contributed by atoms with Crippen LogP contribution in [0, 0.1) is 5.92 Å². The first kappa shape index (κ1) is 17.0. The summed E-state index contributed by atoms with van der Waals surface area (Å²) < 4.78 is 5.08. The first-order chi connectivity index (χ1) is 9.92. The smallest absolute Gasteiger partial charge is 0.239 e. The summed E-state index contributed by atoms with van der Waals surface area (Å²) in [5.74, 6) is 0.887. The van der Waals surface area contributed by atoms with Crippen molar-refractivity contribution in [2.24, 2.45) is 5.92 Å². The van der Waals surface area contributed by atoms with Crippen molar-refractivity contribution in [1.29, 1.82) is 0 Å². The van der Waals surface area contributed by atoms with Crippen molar-refractivity contribution in [3.05, 3.63) is 29.8 Å². The maximum absolute atomic E-state index is 11.9. The Balaban J connectivity index is 2.46. The highest BCUT2D eigenvalue weighted by Crippen LogP contribution is 2.10. The van der Waals surface area contributed by atoms with E-state index >= 15 is 0 Å². The topological polar surface area (TPSA) is 58.6 Å². The number of carbonyl (C=O) groups excluding carboxylic acids is 2. The minimum atomic E-state index is -0.151. The number of amides is 2. The van der Waals surface area contributed by atoms with Crippen LogP contribution < -0.4 is 10.1 Å². The molecule has 0 spiro atoms. The molecule has 0 saturated heterocycles. The van der Waals surface area contributed by atoms with Gasteiger partial charge in [-0.05, 0) is 23.6 Å². The quantitative estimate of drug-likeness (QED) is 0.834. The van der Waals surface area contributed by atoms with Gasteiger partial charge in [0.25, 0.3) is 0 Å². The van der Waals surface area contributed by atoms with Crippen LogP contribution in [0.3, 0.4) is 0 Å².